The molecule has 0 radical (unpaired) electrons. The minimum absolute atomic E-state index is 0.129. The fourth-order valence-electron chi connectivity index (χ4n) is 10.2. The number of hydrogen-bond donors (Lipinski definition) is 0. The van der Waals surface area contributed by atoms with Gasteiger partial charge in [-0.15, -0.1) is 0 Å². The van der Waals surface area contributed by atoms with Crippen LogP contribution in [0, 0.1) is 20.8 Å². The van der Waals surface area contributed by atoms with E-state index in [2.05, 4.69) is 88.4 Å². The molecule has 14 nitrogen and oxygen atoms in total. The van der Waals surface area contributed by atoms with Gasteiger partial charge in [-0.1, -0.05) is 115 Å². The van der Waals surface area contributed by atoms with Gasteiger partial charge in [-0.25, -0.2) is 33.7 Å². The summed E-state index contributed by atoms with van der Waals surface area (Å²) in [6.45, 7) is 10.5. The zero-order valence-corrected chi connectivity index (χ0v) is 58.8. The first-order chi connectivity index (χ1) is 47.3. The first-order valence-corrected chi connectivity index (χ1v) is 37.1. The molecule has 0 aliphatic heterocycles. The van der Waals surface area contributed by atoms with Gasteiger partial charge in [0.05, 0.1) is 60.5 Å². The predicted octanol–water partition coefficient (Wildman–Crippen LogP) is 18.7. The minimum Gasteiger partial charge on any atom is -0.497 e. The monoisotopic (exact) mass is 1400 g/mol. The number of ether oxygens (including phenoxy) is 6. The van der Waals surface area contributed by atoms with Gasteiger partial charge in [0.25, 0.3) is 0 Å². The summed E-state index contributed by atoms with van der Waals surface area (Å²) in [5.74, 6) is 5.13. The van der Waals surface area contributed by atoms with Gasteiger partial charge in [0.15, 0.2) is 0 Å². The highest BCUT2D eigenvalue weighted by Gasteiger charge is 2.25. The van der Waals surface area contributed by atoms with Crippen LogP contribution in [-0.4, -0.2) is 55.0 Å². The number of methoxy groups -OCH3 is 3. The summed E-state index contributed by atoms with van der Waals surface area (Å²) in [6.07, 6.45) is 0. The van der Waals surface area contributed by atoms with Crippen molar-refractivity contribution in [2.24, 2.45) is 0 Å². The van der Waals surface area contributed by atoms with Gasteiger partial charge in [-0.05, 0) is 249 Å². The second-order valence-corrected chi connectivity index (χ2v) is 31.2. The average Bonchev–Trinajstić information content (AvgIpc) is 0.822. The second kappa shape index (κ2) is 30.8. The van der Waals surface area contributed by atoms with Crippen molar-refractivity contribution >= 4 is 39.3 Å². The molecule has 0 bridgehead atoms. The lowest BCUT2D eigenvalue weighted by molar-refractivity contribution is 0.414. The van der Waals surface area contributed by atoms with Crippen molar-refractivity contribution in [3.05, 3.63) is 319 Å². The van der Waals surface area contributed by atoms with Crippen molar-refractivity contribution in [3.63, 3.8) is 0 Å². The molecule has 0 unspecified atom stereocenters. The smallest absolute Gasteiger partial charge is 0.206 e. The highest BCUT2D eigenvalue weighted by Crippen LogP contribution is 2.36. The summed E-state index contributed by atoms with van der Waals surface area (Å²) in [4.78, 5) is 1.52. The highest BCUT2D eigenvalue weighted by atomic mass is 32.2. The summed E-state index contributed by atoms with van der Waals surface area (Å²) < 4.78 is 136. The molecule has 0 atom stereocenters. The first-order valence-electron chi connectivity index (χ1n) is 31.1. The van der Waals surface area contributed by atoms with E-state index in [-0.39, 0.29) is 44.6 Å². The van der Waals surface area contributed by atoms with Crippen LogP contribution in [0.1, 0.15) is 41.7 Å². The Morgan fingerprint density at radius 1 is 0.212 bits per heavy atom. The van der Waals surface area contributed by atoms with Crippen molar-refractivity contribution in [1.29, 1.82) is 0 Å². The van der Waals surface area contributed by atoms with E-state index >= 15 is 0 Å². The molecule has 12 aromatic rings. The molecule has 504 valence electrons. The lowest BCUT2D eigenvalue weighted by atomic mass is 9.78. The summed E-state index contributed by atoms with van der Waals surface area (Å²) in [7, 11) is -9.94. The van der Waals surface area contributed by atoms with E-state index in [1.54, 1.807) is 141 Å². The van der Waals surface area contributed by atoms with E-state index < -0.39 is 39.3 Å². The molecule has 0 fully saturated rings. The summed E-state index contributed by atoms with van der Waals surface area (Å²) in [5.41, 5.74) is 7.99. The van der Waals surface area contributed by atoms with Crippen LogP contribution in [0.2, 0.25) is 0 Å². The largest absolute Gasteiger partial charge is 0.497 e. The lowest BCUT2D eigenvalue weighted by Crippen LogP contribution is -2.18. The van der Waals surface area contributed by atoms with Crippen LogP contribution in [-0.2, 0) is 44.8 Å². The maximum absolute atomic E-state index is 12.9. The van der Waals surface area contributed by atoms with Gasteiger partial charge in [-0.2, -0.15) is 0 Å². The third-order valence-electron chi connectivity index (χ3n) is 16.3. The zero-order valence-electron chi connectivity index (χ0n) is 55.6. The molecular formula is C81H72O14S4. The molecule has 0 aliphatic rings. The van der Waals surface area contributed by atoms with E-state index in [1.165, 1.54) is 97.1 Å². The average molecular weight is 1400 g/mol. The zero-order chi connectivity index (χ0) is 70.5. The number of sulfone groups is 4. The van der Waals surface area contributed by atoms with E-state index in [1.807, 2.05) is 43.3 Å². The molecule has 0 amide bonds. The van der Waals surface area contributed by atoms with E-state index in [0.717, 1.165) is 16.7 Å². The molecule has 0 saturated heterocycles. The molecular weight excluding hydrogens is 1330 g/mol. The Kier molecular flexibility index (Phi) is 22.1. The quantitative estimate of drug-likeness (QED) is 0.0700. The van der Waals surface area contributed by atoms with Crippen molar-refractivity contribution in [2.75, 3.05) is 21.3 Å². The second-order valence-electron chi connectivity index (χ2n) is 23.5. The van der Waals surface area contributed by atoms with Gasteiger partial charge in [-0.3, -0.25) is 0 Å². The lowest BCUT2D eigenvalue weighted by Gasteiger charge is -2.26. The third kappa shape index (κ3) is 17.3. The van der Waals surface area contributed by atoms with Crippen LogP contribution < -0.4 is 28.4 Å². The maximum atomic E-state index is 12.9. The van der Waals surface area contributed by atoms with E-state index in [4.69, 9.17) is 28.4 Å². The van der Waals surface area contributed by atoms with Crippen LogP contribution in [0.15, 0.2) is 330 Å². The Bertz CT molecular complexity index is 5150. The first kappa shape index (κ1) is 71.0. The Morgan fingerprint density at radius 2 is 0.364 bits per heavy atom. The van der Waals surface area contributed by atoms with Crippen LogP contribution >= 0.6 is 0 Å². The predicted molar refractivity (Wildman–Crippen MR) is 384 cm³/mol. The van der Waals surface area contributed by atoms with Crippen LogP contribution in [0.4, 0.5) is 0 Å². The van der Waals surface area contributed by atoms with Crippen molar-refractivity contribution in [1.82, 2.24) is 0 Å². The molecule has 0 heterocycles. The minimum atomic E-state index is -3.68. The van der Waals surface area contributed by atoms with Gasteiger partial charge >= 0.3 is 0 Å². The molecule has 0 aliphatic carbocycles. The number of benzene rings is 12. The fraction of sp³-hybridized carbons (Fsp3) is 0.111. The van der Waals surface area contributed by atoms with Crippen molar-refractivity contribution in [2.45, 2.75) is 79.2 Å². The summed E-state index contributed by atoms with van der Waals surface area (Å²) in [5, 5.41) is 0. The van der Waals surface area contributed by atoms with Crippen molar-refractivity contribution in [3.8, 4) is 62.9 Å². The van der Waals surface area contributed by atoms with Crippen LogP contribution in [0.25, 0.3) is 11.1 Å². The Hall–Kier alpha value is -10.8. The third-order valence-corrected chi connectivity index (χ3v) is 23.4. The topological polar surface area (TPSA) is 192 Å². The fourth-order valence-corrected chi connectivity index (χ4v) is 15.3. The summed E-state index contributed by atoms with van der Waals surface area (Å²) in [6, 6.07) is 83.2. The van der Waals surface area contributed by atoms with Crippen LogP contribution in [0.3, 0.4) is 0 Å². The molecule has 0 spiro atoms. The van der Waals surface area contributed by atoms with Gasteiger partial charge in [0.1, 0.15) is 51.7 Å². The highest BCUT2D eigenvalue weighted by molar-refractivity contribution is 7.92. The SMILES string of the molecule is COc1ccc(S(=O)(=O)c2ccc(Oc3ccc(-c4ccc(C)cc4)cc3)cc2)cc1.COc1ccc(S(=O)(=O)c2ccc(Oc3ccc(C(C)(C)c4ccc(C)cc4)cc3)cc2)cc1.COc1ccc(S(=O)(=O)c2ccc(Oc3ccc(S(=O)(=O)c4ccc(C)cc4)cc3)cc2)cc1. The molecule has 0 saturated carbocycles. The van der Waals surface area contributed by atoms with E-state index in [9.17, 15) is 33.7 Å². The summed E-state index contributed by atoms with van der Waals surface area (Å²) >= 11 is 0. The molecule has 12 aromatic carbocycles. The number of aryl methyl sites for hydroxylation is 3. The van der Waals surface area contributed by atoms with Gasteiger partial charge in [0, 0.05) is 5.41 Å². The Balaban J connectivity index is 0.000000161. The molecule has 12 rings (SSSR count). The standard InChI is InChI=1S/C29H28O4S.C26H22O6S2.C26H22O4S/c1-21-5-7-22(8-6-21)29(2,3)23-9-11-25(12-10-23)33-26-15-19-28(20-16-26)34(30,31)27-17-13-24(32-4)14-18-27;1-19-3-11-23(12-4-19)33(27,28)25-15-7-21(8-16-25)32-22-9-17-26(18-10-22)34(29,30)24-13-5-20(31-2)6-14-24;1-19-3-5-20(6-4-19)21-7-9-23(10-8-21)30-24-13-17-26(18-14-24)31(27,28)25-15-11-22(29-2)12-16-25/h5-20H,1-4H3;3-18H,1-2H3;3-18H,1-2H3. The molecule has 99 heavy (non-hydrogen) atoms. The molecule has 0 aromatic heterocycles. The van der Waals surface area contributed by atoms with Crippen molar-refractivity contribution < 1.29 is 62.1 Å². The normalized spacial score (nSPS) is 11.6. The Morgan fingerprint density at radius 3 is 0.586 bits per heavy atom. The number of rotatable bonds is 20. The Labute approximate surface area is 580 Å². The van der Waals surface area contributed by atoms with Gasteiger partial charge in [0.2, 0.25) is 39.3 Å². The molecule has 0 N–H and O–H groups in total. The van der Waals surface area contributed by atoms with Crippen LogP contribution in [0.5, 0.6) is 51.7 Å². The molecule has 18 heteroatoms. The van der Waals surface area contributed by atoms with Gasteiger partial charge < -0.3 is 28.4 Å². The van der Waals surface area contributed by atoms with E-state index in [0.29, 0.717) is 51.7 Å². The maximum Gasteiger partial charge on any atom is 0.206 e. The number of hydrogen-bond acceptors (Lipinski definition) is 14.